The lowest BCUT2D eigenvalue weighted by Crippen LogP contribution is -2.20. The maximum Gasteiger partial charge on any atom is 0.406 e. The van der Waals surface area contributed by atoms with Crippen molar-refractivity contribution in [1.82, 2.24) is 4.57 Å². The van der Waals surface area contributed by atoms with Crippen LogP contribution in [-0.4, -0.2) is 34.0 Å². The molecule has 0 unspecified atom stereocenters. The fourth-order valence-electron chi connectivity index (χ4n) is 2.58. The molecule has 0 amide bonds. The monoisotopic (exact) mass is 418 g/mol. The predicted octanol–water partition coefficient (Wildman–Crippen LogP) is 4.27. The van der Waals surface area contributed by atoms with E-state index in [0.717, 1.165) is 22.8 Å². The number of hydrogen-bond acceptors (Lipinski definition) is 5. The number of nitro groups is 1. The maximum atomic E-state index is 12.6. The van der Waals surface area contributed by atoms with Crippen molar-refractivity contribution in [2.75, 3.05) is 6.61 Å². The van der Waals surface area contributed by atoms with Gasteiger partial charge in [-0.2, -0.15) is 13.2 Å². The van der Waals surface area contributed by atoms with Gasteiger partial charge in [0.2, 0.25) is 5.78 Å². The highest BCUT2D eigenvalue weighted by Gasteiger charge is 2.30. The van der Waals surface area contributed by atoms with Gasteiger partial charge in [0.1, 0.15) is 6.54 Å². The predicted molar refractivity (Wildman–Crippen MR) is 92.7 cm³/mol. The number of carbonyl (C=O) groups is 2. The van der Waals surface area contributed by atoms with Gasteiger partial charge in [-0.25, -0.2) is 4.79 Å². The van der Waals surface area contributed by atoms with Crippen molar-refractivity contribution in [2.45, 2.75) is 26.6 Å². The molecule has 2 aromatic rings. The molecule has 0 radical (unpaired) electrons. The van der Waals surface area contributed by atoms with Gasteiger partial charge in [0.15, 0.2) is 6.61 Å². The van der Waals surface area contributed by atoms with E-state index in [2.05, 4.69) is 0 Å². The molecule has 0 aliphatic carbocycles. The van der Waals surface area contributed by atoms with Crippen LogP contribution in [0.3, 0.4) is 0 Å². The third-order valence-corrected chi connectivity index (χ3v) is 4.26. The van der Waals surface area contributed by atoms with Gasteiger partial charge in [0.25, 0.3) is 5.69 Å². The minimum absolute atomic E-state index is 0.0142. The molecule has 1 aromatic heterocycles. The molecule has 0 fully saturated rings. The van der Waals surface area contributed by atoms with Crippen molar-refractivity contribution in [3.05, 3.63) is 61.9 Å². The summed E-state index contributed by atoms with van der Waals surface area (Å²) < 4.78 is 43.7. The second kappa shape index (κ2) is 8.01. The number of benzene rings is 1. The number of aryl methyl sites for hydroxylation is 1. The van der Waals surface area contributed by atoms with Crippen LogP contribution >= 0.6 is 11.6 Å². The van der Waals surface area contributed by atoms with Crippen LogP contribution in [0.5, 0.6) is 0 Å². The largest absolute Gasteiger partial charge is 0.454 e. The van der Waals surface area contributed by atoms with Crippen LogP contribution in [0.2, 0.25) is 5.02 Å². The molecule has 28 heavy (non-hydrogen) atoms. The lowest BCUT2D eigenvalue weighted by atomic mass is 10.1. The topological polar surface area (TPSA) is 91.4 Å². The Labute approximate surface area is 161 Å². The van der Waals surface area contributed by atoms with E-state index in [0.29, 0.717) is 0 Å². The van der Waals surface area contributed by atoms with Gasteiger partial charge in [-0.1, -0.05) is 11.6 Å². The van der Waals surface area contributed by atoms with Crippen molar-refractivity contribution in [1.29, 1.82) is 0 Å². The Hall–Kier alpha value is -2.88. The molecule has 0 saturated carbocycles. The van der Waals surface area contributed by atoms with Gasteiger partial charge in [0.05, 0.1) is 15.5 Å². The number of esters is 1. The van der Waals surface area contributed by atoms with Crippen LogP contribution in [0.25, 0.3) is 0 Å². The lowest BCUT2D eigenvalue weighted by Gasteiger charge is -2.12. The third-order valence-electron chi connectivity index (χ3n) is 3.93. The molecule has 11 heteroatoms. The summed E-state index contributed by atoms with van der Waals surface area (Å²) in [6.07, 6.45) is -4.46. The smallest absolute Gasteiger partial charge is 0.406 e. The zero-order valence-electron chi connectivity index (χ0n) is 14.7. The van der Waals surface area contributed by atoms with Crippen molar-refractivity contribution in [3.63, 3.8) is 0 Å². The lowest BCUT2D eigenvalue weighted by molar-refractivity contribution is -0.384. The normalized spacial score (nSPS) is 11.4. The van der Waals surface area contributed by atoms with Crippen LogP contribution in [0.4, 0.5) is 18.9 Å². The zero-order valence-corrected chi connectivity index (χ0v) is 15.4. The molecular weight excluding hydrogens is 405 g/mol. The molecule has 0 atom stereocenters. The molecule has 1 heterocycles. The molecule has 150 valence electrons. The Morgan fingerprint density at radius 3 is 2.43 bits per heavy atom. The molecule has 0 N–H and O–H groups in total. The van der Waals surface area contributed by atoms with E-state index in [9.17, 15) is 32.9 Å². The van der Waals surface area contributed by atoms with Crippen LogP contribution in [-0.2, 0) is 11.3 Å². The van der Waals surface area contributed by atoms with Gasteiger partial charge >= 0.3 is 12.1 Å². The molecule has 1 aromatic carbocycles. The van der Waals surface area contributed by atoms with Crippen molar-refractivity contribution in [3.8, 4) is 0 Å². The number of nitro benzene ring substituents is 1. The minimum Gasteiger partial charge on any atom is -0.454 e. The SMILES string of the molecule is Cc1cc(C(=O)COC(=O)c2cc([N+](=O)[O-])ccc2Cl)c(C)n1CC(F)(F)F. The Kier molecular flexibility index (Phi) is 6.13. The fourth-order valence-corrected chi connectivity index (χ4v) is 2.77. The summed E-state index contributed by atoms with van der Waals surface area (Å²) in [5.74, 6) is -1.78. The highest BCUT2D eigenvalue weighted by atomic mass is 35.5. The summed E-state index contributed by atoms with van der Waals surface area (Å²) in [5, 5.41) is 10.7. The molecule has 0 aliphatic rings. The summed E-state index contributed by atoms with van der Waals surface area (Å²) >= 11 is 5.82. The van der Waals surface area contributed by atoms with Crippen molar-refractivity contribution >= 4 is 29.0 Å². The summed E-state index contributed by atoms with van der Waals surface area (Å²) in [6, 6.07) is 4.42. The minimum atomic E-state index is -4.46. The van der Waals surface area contributed by atoms with Gasteiger partial charge < -0.3 is 9.30 Å². The summed E-state index contributed by atoms with van der Waals surface area (Å²) in [5.41, 5.74) is -0.389. The van der Waals surface area contributed by atoms with Gasteiger partial charge in [-0.3, -0.25) is 14.9 Å². The number of ether oxygens (including phenoxy) is 1. The standard InChI is InChI=1S/C17H14ClF3N2O5/c1-9-5-12(10(2)22(9)8-17(19,20)21)15(24)7-28-16(25)13-6-11(23(26)27)3-4-14(13)18/h3-6H,7-8H2,1-2H3. The number of non-ortho nitro benzene ring substituents is 1. The molecule has 0 bridgehead atoms. The summed E-state index contributed by atoms with van der Waals surface area (Å²) in [7, 11) is 0. The average Bonchev–Trinajstić information content (AvgIpc) is 2.86. The number of carbonyl (C=O) groups excluding carboxylic acids is 2. The van der Waals surface area contributed by atoms with Crippen molar-refractivity contribution in [2.24, 2.45) is 0 Å². The molecule has 0 aliphatic heterocycles. The van der Waals surface area contributed by atoms with Gasteiger partial charge in [0, 0.05) is 29.1 Å². The first kappa shape index (κ1) is 21.4. The van der Waals surface area contributed by atoms with E-state index in [1.807, 2.05) is 0 Å². The highest BCUT2D eigenvalue weighted by molar-refractivity contribution is 6.33. The van der Waals surface area contributed by atoms with Crippen molar-refractivity contribution < 1.29 is 32.4 Å². The average molecular weight is 419 g/mol. The van der Waals surface area contributed by atoms with Crippen LogP contribution in [0.15, 0.2) is 24.3 Å². The van der Waals surface area contributed by atoms with Crippen LogP contribution in [0.1, 0.15) is 32.1 Å². The second-order valence-corrected chi connectivity index (χ2v) is 6.31. The number of halogens is 4. The van der Waals surface area contributed by atoms with Crippen LogP contribution < -0.4 is 0 Å². The third kappa shape index (κ3) is 4.89. The molecule has 0 saturated heterocycles. The number of Topliss-reactive ketones (excluding diaryl/α,β-unsaturated/α-hetero) is 1. The Morgan fingerprint density at radius 2 is 1.86 bits per heavy atom. The highest BCUT2D eigenvalue weighted by Crippen LogP contribution is 2.25. The Morgan fingerprint density at radius 1 is 1.21 bits per heavy atom. The van der Waals surface area contributed by atoms with E-state index in [1.54, 1.807) is 0 Å². The summed E-state index contributed by atoms with van der Waals surface area (Å²) in [4.78, 5) is 34.4. The number of hydrogen-bond donors (Lipinski definition) is 0. The first-order chi connectivity index (χ1) is 12.9. The Balaban J connectivity index is 2.15. The van der Waals surface area contributed by atoms with E-state index in [1.165, 1.54) is 19.9 Å². The summed E-state index contributed by atoms with van der Waals surface area (Å²) in [6.45, 7) is 0.769. The van der Waals surface area contributed by atoms with Gasteiger partial charge in [-0.15, -0.1) is 0 Å². The maximum absolute atomic E-state index is 12.6. The zero-order chi connectivity index (χ0) is 21.2. The molecular formula is C17H14ClF3N2O5. The molecule has 0 spiro atoms. The quantitative estimate of drug-likeness (QED) is 0.302. The molecule has 7 nitrogen and oxygen atoms in total. The second-order valence-electron chi connectivity index (χ2n) is 5.91. The number of aromatic nitrogens is 1. The van der Waals surface area contributed by atoms with E-state index >= 15 is 0 Å². The fraction of sp³-hybridized carbons (Fsp3) is 0.294. The van der Waals surface area contributed by atoms with E-state index < -0.39 is 41.7 Å². The van der Waals surface area contributed by atoms with E-state index in [-0.39, 0.29) is 27.5 Å². The Bertz CT molecular complexity index is 953. The first-order valence-corrected chi connectivity index (χ1v) is 8.16. The van der Waals surface area contributed by atoms with Crippen LogP contribution in [0, 0.1) is 24.0 Å². The number of nitrogens with zero attached hydrogens (tertiary/aromatic N) is 2. The number of alkyl halides is 3. The molecule has 2 rings (SSSR count). The number of rotatable bonds is 6. The van der Waals surface area contributed by atoms with E-state index in [4.69, 9.17) is 16.3 Å². The first-order valence-electron chi connectivity index (χ1n) is 7.78. The number of ketones is 1. The van der Waals surface area contributed by atoms with Gasteiger partial charge in [-0.05, 0) is 26.0 Å².